The predicted molar refractivity (Wildman–Crippen MR) is 90.9 cm³/mol. The number of aryl methyl sites for hydroxylation is 1. The van der Waals surface area contributed by atoms with Crippen molar-refractivity contribution in [1.82, 2.24) is 20.0 Å². The molecule has 1 aromatic carbocycles. The Morgan fingerprint density at radius 1 is 1.41 bits per heavy atom. The summed E-state index contributed by atoms with van der Waals surface area (Å²) >= 11 is 6.04. The summed E-state index contributed by atoms with van der Waals surface area (Å²) in [4.78, 5) is 6.75. The molecule has 0 fully saturated rings. The molecule has 0 amide bonds. The second kappa shape index (κ2) is 7.84. The molecule has 0 unspecified atom stereocenters. The van der Waals surface area contributed by atoms with Crippen LogP contribution in [0.4, 0.5) is 0 Å². The molecule has 2 aromatic rings. The van der Waals surface area contributed by atoms with Crippen LogP contribution in [0, 0.1) is 0 Å². The first kappa shape index (κ1) is 16.4. The minimum absolute atomic E-state index is 0.607. The number of guanidine groups is 1. The van der Waals surface area contributed by atoms with Gasteiger partial charge < -0.3 is 10.2 Å². The Morgan fingerprint density at radius 3 is 2.86 bits per heavy atom. The molecular weight excluding hydrogens is 298 g/mol. The van der Waals surface area contributed by atoms with Crippen LogP contribution in [-0.2, 0) is 20.1 Å². The van der Waals surface area contributed by atoms with Crippen LogP contribution in [0.3, 0.4) is 0 Å². The topological polar surface area (TPSA) is 45.5 Å². The van der Waals surface area contributed by atoms with Gasteiger partial charge in [0.1, 0.15) is 0 Å². The van der Waals surface area contributed by atoms with Crippen molar-refractivity contribution in [2.24, 2.45) is 12.0 Å². The van der Waals surface area contributed by atoms with Crippen molar-refractivity contribution >= 4 is 17.6 Å². The molecule has 2 rings (SSSR count). The van der Waals surface area contributed by atoms with Gasteiger partial charge in [-0.05, 0) is 24.6 Å². The molecule has 5 nitrogen and oxygen atoms in total. The van der Waals surface area contributed by atoms with Gasteiger partial charge >= 0.3 is 0 Å². The number of nitrogens with zero attached hydrogens (tertiary/aromatic N) is 4. The zero-order valence-electron chi connectivity index (χ0n) is 13.3. The fourth-order valence-corrected chi connectivity index (χ4v) is 2.39. The van der Waals surface area contributed by atoms with E-state index >= 15 is 0 Å². The van der Waals surface area contributed by atoms with Gasteiger partial charge in [0.05, 0.1) is 12.7 Å². The summed E-state index contributed by atoms with van der Waals surface area (Å²) in [5.41, 5.74) is 2.25. The minimum Gasteiger partial charge on any atom is -0.357 e. The molecule has 0 spiro atoms. The van der Waals surface area contributed by atoms with E-state index in [1.165, 1.54) is 0 Å². The molecule has 0 atom stereocenters. The molecule has 1 aromatic heterocycles. The van der Waals surface area contributed by atoms with Crippen LogP contribution in [0.25, 0.3) is 0 Å². The number of rotatable bonds is 5. The van der Waals surface area contributed by atoms with Gasteiger partial charge in [-0.3, -0.25) is 4.68 Å². The average molecular weight is 320 g/mol. The zero-order chi connectivity index (χ0) is 15.9. The van der Waals surface area contributed by atoms with Crippen LogP contribution in [0.1, 0.15) is 18.1 Å². The molecule has 118 valence electrons. The molecule has 0 aliphatic heterocycles. The summed E-state index contributed by atoms with van der Waals surface area (Å²) < 4.78 is 1.79. The lowest BCUT2D eigenvalue weighted by Crippen LogP contribution is -2.38. The van der Waals surface area contributed by atoms with Crippen LogP contribution in [-0.4, -0.2) is 34.2 Å². The molecule has 1 N–H and O–H groups in total. The summed E-state index contributed by atoms with van der Waals surface area (Å²) in [6, 6.07) is 7.88. The van der Waals surface area contributed by atoms with Gasteiger partial charge in [0.25, 0.3) is 0 Å². The molecule has 0 radical (unpaired) electrons. The number of hydrogen-bond donors (Lipinski definition) is 1. The van der Waals surface area contributed by atoms with E-state index in [2.05, 4.69) is 33.3 Å². The van der Waals surface area contributed by atoms with Crippen LogP contribution in [0.2, 0.25) is 5.02 Å². The molecule has 1 heterocycles. The first-order chi connectivity index (χ1) is 10.6. The highest BCUT2D eigenvalue weighted by Crippen LogP contribution is 2.12. The van der Waals surface area contributed by atoms with E-state index in [0.717, 1.165) is 35.2 Å². The molecule has 0 aliphatic carbocycles. The van der Waals surface area contributed by atoms with Gasteiger partial charge in [-0.25, -0.2) is 4.99 Å². The monoisotopic (exact) mass is 319 g/mol. The fraction of sp³-hybridized carbons (Fsp3) is 0.375. The van der Waals surface area contributed by atoms with Crippen molar-refractivity contribution < 1.29 is 0 Å². The van der Waals surface area contributed by atoms with Crippen molar-refractivity contribution in [3.8, 4) is 0 Å². The highest BCUT2D eigenvalue weighted by atomic mass is 35.5. The second-order valence-electron chi connectivity index (χ2n) is 5.18. The lowest BCUT2D eigenvalue weighted by atomic mass is 10.2. The van der Waals surface area contributed by atoms with E-state index in [-0.39, 0.29) is 0 Å². The first-order valence-corrected chi connectivity index (χ1v) is 7.67. The summed E-state index contributed by atoms with van der Waals surface area (Å²) in [6.07, 6.45) is 3.81. The van der Waals surface area contributed by atoms with Crippen LogP contribution in [0.5, 0.6) is 0 Å². The van der Waals surface area contributed by atoms with Crippen LogP contribution < -0.4 is 5.32 Å². The maximum atomic E-state index is 6.04. The molecule has 0 bridgehead atoms. The first-order valence-electron chi connectivity index (χ1n) is 7.30. The Bertz CT molecular complexity index is 635. The van der Waals surface area contributed by atoms with Gasteiger partial charge in [0.15, 0.2) is 5.96 Å². The third-order valence-corrected chi connectivity index (χ3v) is 3.41. The molecule has 0 aliphatic rings. The average Bonchev–Trinajstić information content (AvgIpc) is 2.89. The Hall–Kier alpha value is -2.01. The maximum Gasteiger partial charge on any atom is 0.194 e. The number of aliphatic imine (C=N–C) groups is 1. The largest absolute Gasteiger partial charge is 0.357 e. The number of benzene rings is 1. The second-order valence-corrected chi connectivity index (χ2v) is 5.61. The van der Waals surface area contributed by atoms with E-state index in [1.807, 2.05) is 44.7 Å². The summed E-state index contributed by atoms with van der Waals surface area (Å²) in [5, 5.41) is 8.22. The number of halogens is 1. The Morgan fingerprint density at radius 2 is 2.23 bits per heavy atom. The predicted octanol–water partition coefficient (Wildman–Crippen LogP) is 2.67. The van der Waals surface area contributed by atoms with Gasteiger partial charge in [-0.1, -0.05) is 23.7 Å². The van der Waals surface area contributed by atoms with E-state index in [0.29, 0.717) is 6.54 Å². The highest BCUT2D eigenvalue weighted by molar-refractivity contribution is 6.30. The van der Waals surface area contributed by atoms with Crippen LogP contribution in [0.15, 0.2) is 41.7 Å². The third-order valence-electron chi connectivity index (χ3n) is 3.17. The van der Waals surface area contributed by atoms with Crippen molar-refractivity contribution in [3.05, 3.63) is 52.8 Å². The van der Waals surface area contributed by atoms with E-state index < -0.39 is 0 Å². The maximum absolute atomic E-state index is 6.04. The summed E-state index contributed by atoms with van der Waals surface area (Å²) in [7, 11) is 3.93. The van der Waals surface area contributed by atoms with Gasteiger partial charge in [0.2, 0.25) is 0 Å². The smallest absolute Gasteiger partial charge is 0.194 e. The molecule has 0 saturated heterocycles. The van der Waals surface area contributed by atoms with Gasteiger partial charge in [-0.15, -0.1) is 0 Å². The molecule has 22 heavy (non-hydrogen) atoms. The van der Waals surface area contributed by atoms with Crippen molar-refractivity contribution in [2.45, 2.75) is 20.0 Å². The van der Waals surface area contributed by atoms with Crippen molar-refractivity contribution in [2.75, 3.05) is 13.6 Å². The SMILES string of the molecule is CCNC(=NCc1cnn(C)c1)N(C)Cc1cccc(Cl)c1. The van der Waals surface area contributed by atoms with Crippen molar-refractivity contribution in [3.63, 3.8) is 0 Å². The summed E-state index contributed by atoms with van der Waals surface area (Å²) in [6.45, 7) is 4.24. The normalized spacial score (nSPS) is 11.5. The summed E-state index contributed by atoms with van der Waals surface area (Å²) in [5.74, 6) is 0.867. The highest BCUT2D eigenvalue weighted by Gasteiger charge is 2.07. The van der Waals surface area contributed by atoms with Gasteiger partial charge in [-0.2, -0.15) is 5.10 Å². The van der Waals surface area contributed by atoms with E-state index in [1.54, 1.807) is 4.68 Å². The van der Waals surface area contributed by atoms with Crippen molar-refractivity contribution in [1.29, 1.82) is 0 Å². The van der Waals surface area contributed by atoms with E-state index in [4.69, 9.17) is 11.6 Å². The zero-order valence-corrected chi connectivity index (χ0v) is 14.0. The lowest BCUT2D eigenvalue weighted by molar-refractivity contribution is 0.477. The number of nitrogens with one attached hydrogen (secondary N) is 1. The Labute approximate surface area is 136 Å². The molecule has 0 saturated carbocycles. The quantitative estimate of drug-likeness (QED) is 0.681. The van der Waals surface area contributed by atoms with Gasteiger partial charge in [0, 0.05) is 44.0 Å². The van der Waals surface area contributed by atoms with E-state index in [9.17, 15) is 0 Å². The fourth-order valence-electron chi connectivity index (χ4n) is 2.17. The standard InChI is InChI=1S/C16H22ClN5/c1-4-18-16(19-9-14-10-20-22(3)12-14)21(2)11-13-6-5-7-15(17)8-13/h5-8,10,12H,4,9,11H2,1-3H3,(H,18,19). The molecular formula is C16H22ClN5. The number of hydrogen-bond acceptors (Lipinski definition) is 2. The third kappa shape index (κ3) is 4.77. The lowest BCUT2D eigenvalue weighted by Gasteiger charge is -2.22. The van der Waals surface area contributed by atoms with Crippen LogP contribution >= 0.6 is 11.6 Å². The molecule has 6 heteroatoms. The Kier molecular flexibility index (Phi) is 5.83. The Balaban J connectivity index is 2.05. The minimum atomic E-state index is 0.607. The number of aromatic nitrogens is 2.